The number of benzene rings is 1. The molecule has 0 aliphatic rings. The standard InChI is InChI=1S/C12H9Cl2NO2S/c13-9-3-1-2-8(11(9)15)12(16)17-6-7-4-5-10(14)18-7/h1-5H,6,15H2. The molecular formula is C12H9Cl2NO2S. The van der Waals surface area contributed by atoms with E-state index < -0.39 is 5.97 Å². The third-order valence-electron chi connectivity index (χ3n) is 2.25. The van der Waals surface area contributed by atoms with Crippen LogP contribution in [-0.4, -0.2) is 5.97 Å². The zero-order valence-electron chi connectivity index (χ0n) is 9.15. The van der Waals surface area contributed by atoms with Gasteiger partial charge >= 0.3 is 5.97 Å². The Labute approximate surface area is 118 Å². The van der Waals surface area contributed by atoms with Crippen LogP contribution in [0, 0.1) is 0 Å². The molecule has 0 fully saturated rings. The van der Waals surface area contributed by atoms with E-state index in [1.165, 1.54) is 11.3 Å². The molecule has 0 radical (unpaired) electrons. The lowest BCUT2D eigenvalue weighted by molar-refractivity contribution is 0.0478. The number of hydrogen-bond acceptors (Lipinski definition) is 4. The van der Waals surface area contributed by atoms with Crippen molar-refractivity contribution < 1.29 is 9.53 Å². The molecule has 2 aromatic rings. The Morgan fingerprint density at radius 2 is 2.06 bits per heavy atom. The molecule has 1 aromatic carbocycles. The van der Waals surface area contributed by atoms with Crippen LogP contribution in [0.4, 0.5) is 5.69 Å². The van der Waals surface area contributed by atoms with Crippen molar-refractivity contribution in [2.24, 2.45) is 0 Å². The van der Waals surface area contributed by atoms with Gasteiger partial charge in [-0.3, -0.25) is 0 Å². The van der Waals surface area contributed by atoms with E-state index in [0.29, 0.717) is 9.36 Å². The number of nitrogens with two attached hydrogens (primary N) is 1. The molecule has 1 aromatic heterocycles. The van der Waals surface area contributed by atoms with Crippen LogP contribution >= 0.6 is 34.5 Å². The van der Waals surface area contributed by atoms with Crippen molar-refractivity contribution in [3.63, 3.8) is 0 Å². The molecule has 2 rings (SSSR count). The number of carbonyl (C=O) groups excluding carboxylic acids is 1. The fourth-order valence-corrected chi connectivity index (χ4v) is 2.53. The summed E-state index contributed by atoms with van der Waals surface area (Å²) in [6.07, 6.45) is 0. The van der Waals surface area contributed by atoms with Crippen LogP contribution in [0.15, 0.2) is 30.3 Å². The van der Waals surface area contributed by atoms with Gasteiger partial charge < -0.3 is 10.5 Å². The molecule has 94 valence electrons. The summed E-state index contributed by atoms with van der Waals surface area (Å²) in [7, 11) is 0. The number of thiophene rings is 1. The number of esters is 1. The predicted molar refractivity (Wildman–Crippen MR) is 74.3 cm³/mol. The first kappa shape index (κ1) is 13.2. The van der Waals surface area contributed by atoms with Gasteiger partial charge in [-0.2, -0.15) is 0 Å². The quantitative estimate of drug-likeness (QED) is 0.689. The number of carbonyl (C=O) groups is 1. The van der Waals surface area contributed by atoms with Crippen molar-refractivity contribution in [2.75, 3.05) is 5.73 Å². The van der Waals surface area contributed by atoms with Crippen LogP contribution in [0.2, 0.25) is 9.36 Å². The fourth-order valence-electron chi connectivity index (χ4n) is 1.36. The van der Waals surface area contributed by atoms with E-state index in [9.17, 15) is 4.79 Å². The number of ether oxygens (including phenoxy) is 1. The van der Waals surface area contributed by atoms with E-state index in [4.69, 9.17) is 33.7 Å². The summed E-state index contributed by atoms with van der Waals surface area (Å²) in [4.78, 5) is 12.7. The summed E-state index contributed by atoms with van der Waals surface area (Å²) in [6.45, 7) is 0.169. The topological polar surface area (TPSA) is 52.3 Å². The Morgan fingerprint density at radius 3 is 2.72 bits per heavy atom. The highest BCUT2D eigenvalue weighted by Gasteiger charge is 2.13. The number of nitrogen functional groups attached to an aromatic ring is 1. The van der Waals surface area contributed by atoms with Gasteiger partial charge in [0, 0.05) is 4.88 Å². The zero-order chi connectivity index (χ0) is 13.1. The zero-order valence-corrected chi connectivity index (χ0v) is 11.5. The summed E-state index contributed by atoms with van der Waals surface area (Å²) in [5, 5.41) is 0.337. The molecule has 18 heavy (non-hydrogen) atoms. The van der Waals surface area contributed by atoms with Crippen molar-refractivity contribution in [3.8, 4) is 0 Å². The van der Waals surface area contributed by atoms with Crippen molar-refractivity contribution >= 4 is 46.2 Å². The van der Waals surface area contributed by atoms with Crippen LogP contribution in [0.3, 0.4) is 0 Å². The van der Waals surface area contributed by atoms with Crippen molar-refractivity contribution in [3.05, 3.63) is 50.1 Å². The van der Waals surface area contributed by atoms with E-state index in [1.54, 1.807) is 24.3 Å². The average molecular weight is 302 g/mol. The molecule has 0 bridgehead atoms. The minimum atomic E-state index is -0.500. The van der Waals surface area contributed by atoms with Crippen molar-refractivity contribution in [1.82, 2.24) is 0 Å². The lowest BCUT2D eigenvalue weighted by Crippen LogP contribution is -2.08. The maximum Gasteiger partial charge on any atom is 0.340 e. The van der Waals surface area contributed by atoms with Gasteiger partial charge in [0.2, 0.25) is 0 Å². The third-order valence-corrected chi connectivity index (χ3v) is 3.78. The van der Waals surface area contributed by atoms with Gasteiger partial charge in [-0.05, 0) is 24.3 Å². The lowest BCUT2D eigenvalue weighted by atomic mass is 10.2. The predicted octanol–water partition coefficient (Wildman–Crippen LogP) is 3.99. The number of rotatable bonds is 3. The summed E-state index contributed by atoms with van der Waals surface area (Å²) in [6, 6.07) is 8.40. The maximum atomic E-state index is 11.8. The van der Waals surface area contributed by atoms with Crippen molar-refractivity contribution in [1.29, 1.82) is 0 Å². The minimum absolute atomic E-state index is 0.169. The number of hydrogen-bond donors (Lipinski definition) is 1. The molecule has 1 heterocycles. The fraction of sp³-hybridized carbons (Fsp3) is 0.0833. The van der Waals surface area contributed by atoms with Crippen LogP contribution < -0.4 is 5.73 Å². The molecule has 0 amide bonds. The average Bonchev–Trinajstić information content (AvgIpc) is 2.76. The molecule has 0 atom stereocenters. The third kappa shape index (κ3) is 2.96. The molecule has 3 nitrogen and oxygen atoms in total. The molecular weight excluding hydrogens is 293 g/mol. The molecule has 0 unspecified atom stereocenters. The lowest BCUT2D eigenvalue weighted by Gasteiger charge is -2.06. The number of para-hydroxylation sites is 1. The highest BCUT2D eigenvalue weighted by Crippen LogP contribution is 2.25. The highest BCUT2D eigenvalue weighted by atomic mass is 35.5. The molecule has 0 saturated heterocycles. The second-order valence-corrected chi connectivity index (χ2v) is 5.69. The Morgan fingerprint density at radius 1 is 1.28 bits per heavy atom. The summed E-state index contributed by atoms with van der Waals surface area (Å²) in [5.74, 6) is -0.500. The number of halogens is 2. The first-order chi connectivity index (χ1) is 8.58. The molecule has 0 spiro atoms. The van der Waals surface area contributed by atoms with Gasteiger partial charge in [0.05, 0.1) is 20.6 Å². The Balaban J connectivity index is 2.06. The first-order valence-electron chi connectivity index (χ1n) is 5.03. The van der Waals surface area contributed by atoms with Gasteiger partial charge in [0.15, 0.2) is 0 Å². The van der Waals surface area contributed by atoms with E-state index in [2.05, 4.69) is 0 Å². The molecule has 2 N–H and O–H groups in total. The van der Waals surface area contributed by atoms with Gasteiger partial charge in [-0.15, -0.1) is 11.3 Å². The number of anilines is 1. The Kier molecular flexibility index (Phi) is 4.11. The highest BCUT2D eigenvalue weighted by molar-refractivity contribution is 7.16. The first-order valence-corrected chi connectivity index (χ1v) is 6.60. The maximum absolute atomic E-state index is 11.8. The minimum Gasteiger partial charge on any atom is -0.456 e. The SMILES string of the molecule is Nc1c(Cl)cccc1C(=O)OCc1ccc(Cl)s1. The molecule has 6 heteroatoms. The van der Waals surface area contributed by atoms with E-state index in [-0.39, 0.29) is 17.9 Å². The Hall–Kier alpha value is -1.23. The molecule has 0 aliphatic heterocycles. The molecule has 0 saturated carbocycles. The normalized spacial score (nSPS) is 10.3. The van der Waals surface area contributed by atoms with Gasteiger partial charge in [0.1, 0.15) is 6.61 Å². The van der Waals surface area contributed by atoms with E-state index >= 15 is 0 Å². The second kappa shape index (κ2) is 5.61. The van der Waals surface area contributed by atoms with E-state index in [1.807, 2.05) is 6.07 Å². The van der Waals surface area contributed by atoms with Crippen LogP contribution in [0.25, 0.3) is 0 Å². The second-order valence-electron chi connectivity index (χ2n) is 3.48. The van der Waals surface area contributed by atoms with Crippen molar-refractivity contribution in [2.45, 2.75) is 6.61 Å². The van der Waals surface area contributed by atoms with Crippen LogP contribution in [0.1, 0.15) is 15.2 Å². The van der Waals surface area contributed by atoms with E-state index in [0.717, 1.165) is 4.88 Å². The largest absolute Gasteiger partial charge is 0.456 e. The van der Waals surface area contributed by atoms with Crippen LogP contribution in [-0.2, 0) is 11.3 Å². The van der Waals surface area contributed by atoms with Gasteiger partial charge in [0.25, 0.3) is 0 Å². The van der Waals surface area contributed by atoms with Gasteiger partial charge in [-0.25, -0.2) is 4.79 Å². The molecule has 0 aliphatic carbocycles. The smallest absolute Gasteiger partial charge is 0.340 e. The van der Waals surface area contributed by atoms with Crippen LogP contribution in [0.5, 0.6) is 0 Å². The van der Waals surface area contributed by atoms with Gasteiger partial charge in [-0.1, -0.05) is 29.3 Å². The summed E-state index contributed by atoms with van der Waals surface area (Å²) in [5.41, 5.74) is 6.20. The Bertz CT molecular complexity index is 583. The monoisotopic (exact) mass is 301 g/mol. The summed E-state index contributed by atoms with van der Waals surface area (Å²) >= 11 is 13.0. The summed E-state index contributed by atoms with van der Waals surface area (Å²) < 4.78 is 5.79.